The lowest BCUT2D eigenvalue weighted by Crippen LogP contribution is -2.03. The highest BCUT2D eigenvalue weighted by Gasteiger charge is 2.25. The Kier molecular flexibility index (Phi) is 5.53. The number of nitrogen functional groups attached to an aromatic ring is 2. The molecule has 0 unspecified atom stereocenters. The predicted molar refractivity (Wildman–Crippen MR) is 120 cm³/mol. The first-order chi connectivity index (χ1) is 14.9. The molecule has 1 aliphatic rings. The maximum Gasteiger partial charge on any atom is 0.165 e. The Labute approximate surface area is 182 Å². The minimum Gasteiger partial charge on any atom is -0.493 e. The van der Waals surface area contributed by atoms with E-state index in [1.807, 2.05) is 18.4 Å². The van der Waals surface area contributed by atoms with Crippen LogP contribution < -0.4 is 16.2 Å². The van der Waals surface area contributed by atoms with E-state index in [4.69, 9.17) is 21.6 Å². The average Bonchev–Trinajstić information content (AvgIpc) is 3.25. The van der Waals surface area contributed by atoms with Crippen LogP contribution in [0.1, 0.15) is 22.3 Å². The van der Waals surface area contributed by atoms with Gasteiger partial charge in [0.25, 0.3) is 0 Å². The molecule has 156 valence electrons. The van der Waals surface area contributed by atoms with E-state index in [9.17, 15) is 4.39 Å². The molecule has 0 aliphatic carbocycles. The van der Waals surface area contributed by atoms with E-state index in [2.05, 4.69) is 16.8 Å². The summed E-state index contributed by atoms with van der Waals surface area (Å²) in [7, 11) is 0. The van der Waals surface area contributed by atoms with Crippen LogP contribution in [0.3, 0.4) is 0 Å². The summed E-state index contributed by atoms with van der Waals surface area (Å²) in [4.78, 5) is 4.79. The molecule has 5 N–H and O–H groups in total. The lowest BCUT2D eigenvalue weighted by atomic mass is 9.94. The van der Waals surface area contributed by atoms with Gasteiger partial charge in [-0.15, -0.1) is 11.8 Å². The summed E-state index contributed by atoms with van der Waals surface area (Å²) in [5.74, 6) is 4.32. The lowest BCUT2D eigenvalue weighted by Gasteiger charge is -2.16. The number of anilines is 2. The third-order valence-corrected chi connectivity index (χ3v) is 5.80. The predicted octanol–water partition coefficient (Wildman–Crippen LogP) is 4.25. The molecule has 0 amide bonds. The highest BCUT2D eigenvalue weighted by molar-refractivity contribution is 7.98. The molecule has 3 aromatic rings. The number of pyridine rings is 1. The van der Waals surface area contributed by atoms with Crippen LogP contribution >= 0.6 is 11.8 Å². The van der Waals surface area contributed by atoms with Crippen LogP contribution in [0.5, 0.6) is 5.75 Å². The van der Waals surface area contributed by atoms with Gasteiger partial charge in [0.15, 0.2) is 5.82 Å². The summed E-state index contributed by atoms with van der Waals surface area (Å²) in [5, 5.41) is 7.32. The molecule has 0 fully saturated rings. The number of rotatable bonds is 3. The van der Waals surface area contributed by atoms with Crippen LogP contribution in [0.15, 0.2) is 35.4 Å². The topological polar surface area (TPSA) is 98.0 Å². The van der Waals surface area contributed by atoms with Gasteiger partial charge in [-0.25, -0.2) is 13.8 Å². The van der Waals surface area contributed by atoms with Crippen LogP contribution in [0.4, 0.5) is 20.3 Å². The van der Waals surface area contributed by atoms with Crippen molar-refractivity contribution in [3.8, 4) is 28.7 Å². The van der Waals surface area contributed by atoms with Crippen molar-refractivity contribution in [2.75, 3.05) is 24.3 Å². The molecule has 31 heavy (non-hydrogen) atoms. The molecule has 2 heterocycles. The van der Waals surface area contributed by atoms with Gasteiger partial charge in [0.05, 0.1) is 17.9 Å². The zero-order chi connectivity index (χ0) is 22.1. The second-order valence-electron chi connectivity index (χ2n) is 6.82. The summed E-state index contributed by atoms with van der Waals surface area (Å²) in [5.41, 5.74) is 13.8. The van der Waals surface area contributed by atoms with Crippen molar-refractivity contribution >= 4 is 29.5 Å². The van der Waals surface area contributed by atoms with Crippen molar-refractivity contribution < 1.29 is 13.5 Å². The van der Waals surface area contributed by atoms with Gasteiger partial charge in [-0.3, -0.25) is 0 Å². The van der Waals surface area contributed by atoms with E-state index < -0.39 is 17.2 Å². The fourth-order valence-corrected chi connectivity index (χ4v) is 4.13. The number of fused-ring (bicyclic) bond motifs is 1. The molecule has 8 heteroatoms. The number of thioether (sulfide) groups is 1. The smallest absolute Gasteiger partial charge is 0.165 e. The third kappa shape index (κ3) is 3.68. The number of nitrogens with one attached hydrogen (secondary N) is 1. The van der Waals surface area contributed by atoms with E-state index in [0.29, 0.717) is 35.5 Å². The Balaban J connectivity index is 1.83. The Morgan fingerprint density at radius 2 is 2.03 bits per heavy atom. The third-order valence-electron chi connectivity index (χ3n) is 5.02. The number of ether oxygens (including phenoxy) is 1. The van der Waals surface area contributed by atoms with Crippen molar-refractivity contribution in [2.24, 2.45) is 0 Å². The van der Waals surface area contributed by atoms with Gasteiger partial charge in [-0.1, -0.05) is 11.8 Å². The number of nitrogens with two attached hydrogens (primary N) is 2. The van der Waals surface area contributed by atoms with Gasteiger partial charge in [-0.2, -0.15) is 0 Å². The number of nitrogens with zero attached hydrogens (tertiary/aromatic N) is 1. The largest absolute Gasteiger partial charge is 0.493 e. The first kappa shape index (κ1) is 20.7. The first-order valence-corrected chi connectivity index (χ1v) is 10.6. The van der Waals surface area contributed by atoms with E-state index >= 15 is 4.39 Å². The van der Waals surface area contributed by atoms with E-state index in [0.717, 1.165) is 16.7 Å². The Morgan fingerprint density at radius 1 is 1.23 bits per heavy atom. The van der Waals surface area contributed by atoms with Crippen molar-refractivity contribution in [3.63, 3.8) is 0 Å². The van der Waals surface area contributed by atoms with E-state index in [1.54, 1.807) is 0 Å². The molecule has 0 atom stereocenters. The zero-order valence-electron chi connectivity index (χ0n) is 16.6. The molecular weight excluding hydrogens is 418 g/mol. The Morgan fingerprint density at radius 3 is 2.77 bits per heavy atom. The molecule has 0 spiro atoms. The Hall–Kier alpha value is -3.57. The van der Waals surface area contributed by atoms with Crippen LogP contribution in [0.2, 0.25) is 0 Å². The van der Waals surface area contributed by atoms with Gasteiger partial charge in [0.2, 0.25) is 0 Å². The summed E-state index contributed by atoms with van der Waals surface area (Å²) in [6, 6.07) is 6.47. The second-order valence-corrected chi connectivity index (χ2v) is 7.67. The highest BCUT2D eigenvalue weighted by Crippen LogP contribution is 2.44. The van der Waals surface area contributed by atoms with Crippen LogP contribution in [-0.2, 0) is 6.42 Å². The van der Waals surface area contributed by atoms with Gasteiger partial charge < -0.3 is 21.6 Å². The SMILES string of the molecule is CSc1ccc2c(c1-c1cc(F)c(C#Cc3cnc(N)c(C=N)c3)c(F)c1N)CCO2. The summed E-state index contributed by atoms with van der Waals surface area (Å²) < 4.78 is 35.7. The monoisotopic (exact) mass is 436 g/mol. The van der Waals surface area contributed by atoms with Crippen molar-refractivity contribution in [2.45, 2.75) is 11.3 Å². The molecule has 4 rings (SSSR count). The normalized spacial score (nSPS) is 12.0. The van der Waals surface area contributed by atoms with E-state index in [1.165, 1.54) is 30.1 Å². The van der Waals surface area contributed by atoms with Crippen molar-refractivity contribution in [3.05, 3.63) is 64.4 Å². The van der Waals surface area contributed by atoms with Crippen LogP contribution in [0.25, 0.3) is 11.1 Å². The summed E-state index contributed by atoms with van der Waals surface area (Å²) >= 11 is 1.47. The minimum atomic E-state index is -0.915. The summed E-state index contributed by atoms with van der Waals surface area (Å²) in [6.07, 6.45) is 4.95. The lowest BCUT2D eigenvalue weighted by molar-refractivity contribution is 0.357. The fourth-order valence-electron chi connectivity index (χ4n) is 3.49. The minimum absolute atomic E-state index is 0.170. The average molecular weight is 436 g/mol. The molecule has 1 aromatic heterocycles. The Bertz CT molecular complexity index is 1280. The van der Waals surface area contributed by atoms with Gasteiger partial charge >= 0.3 is 0 Å². The first-order valence-electron chi connectivity index (χ1n) is 9.33. The number of halogens is 2. The highest BCUT2D eigenvalue weighted by atomic mass is 32.2. The molecular formula is C23H18F2N4OS. The summed E-state index contributed by atoms with van der Waals surface area (Å²) in [6.45, 7) is 0.516. The molecule has 5 nitrogen and oxygen atoms in total. The molecule has 0 saturated heterocycles. The number of hydrogen-bond acceptors (Lipinski definition) is 6. The number of hydrogen-bond donors (Lipinski definition) is 3. The van der Waals surface area contributed by atoms with Crippen LogP contribution in [-0.4, -0.2) is 24.1 Å². The second kappa shape index (κ2) is 8.28. The molecule has 0 bridgehead atoms. The van der Waals surface area contributed by atoms with Crippen molar-refractivity contribution in [1.82, 2.24) is 4.98 Å². The molecule has 0 saturated carbocycles. The van der Waals surface area contributed by atoms with Crippen molar-refractivity contribution in [1.29, 1.82) is 5.41 Å². The van der Waals surface area contributed by atoms with E-state index in [-0.39, 0.29) is 17.1 Å². The molecule has 1 aliphatic heterocycles. The van der Waals surface area contributed by atoms with Gasteiger partial charge in [0.1, 0.15) is 17.4 Å². The molecule has 0 radical (unpaired) electrons. The maximum absolute atomic E-state index is 15.1. The quantitative estimate of drug-likeness (QED) is 0.247. The van der Waals surface area contributed by atoms with Gasteiger partial charge in [0, 0.05) is 51.5 Å². The maximum atomic E-state index is 15.1. The molecule has 2 aromatic carbocycles. The van der Waals surface area contributed by atoms with Gasteiger partial charge in [-0.05, 0) is 30.5 Å². The standard InChI is InChI=1S/C23H18F2N4OS/c1-31-19-5-4-18-15(6-7-30-18)20(19)16-9-17(24)14(21(25)22(16)27)3-2-12-8-13(10-26)23(28)29-11-12/h4-5,8-11,26H,6-7,27H2,1H3,(H2,28,29). The number of aromatic nitrogens is 1. The van der Waals surface area contributed by atoms with Crippen LogP contribution in [0, 0.1) is 28.9 Å². The zero-order valence-corrected chi connectivity index (χ0v) is 17.4. The number of benzene rings is 2. The fraction of sp³-hybridized carbons (Fsp3) is 0.130.